The predicted octanol–water partition coefficient (Wildman–Crippen LogP) is 3.21. The van der Waals surface area contributed by atoms with Gasteiger partial charge < -0.3 is 10.2 Å². The maximum absolute atomic E-state index is 3.79. The summed E-state index contributed by atoms with van der Waals surface area (Å²) >= 11 is 2.10. The van der Waals surface area contributed by atoms with E-state index in [9.17, 15) is 0 Å². The first-order valence-electron chi connectivity index (χ1n) is 8.33. The number of benzene rings is 1. The lowest BCUT2D eigenvalue weighted by molar-refractivity contribution is 0.213. The first kappa shape index (κ1) is 16.9. The number of rotatable bonds is 7. The molecule has 0 saturated carbocycles. The number of nitrogens with one attached hydrogen (secondary N) is 1. The van der Waals surface area contributed by atoms with Crippen molar-refractivity contribution in [1.82, 2.24) is 10.2 Å². The molecular weight excluding hydrogens is 276 g/mol. The van der Waals surface area contributed by atoms with Crippen LogP contribution in [0.2, 0.25) is 0 Å². The molecule has 0 radical (unpaired) electrons. The molecule has 1 fully saturated rings. The molecule has 0 bridgehead atoms. The zero-order chi connectivity index (χ0) is 15.1. The van der Waals surface area contributed by atoms with Gasteiger partial charge in [-0.15, -0.1) is 0 Å². The van der Waals surface area contributed by atoms with Gasteiger partial charge in [-0.25, -0.2) is 0 Å². The maximum atomic E-state index is 3.79. The van der Waals surface area contributed by atoms with Crippen LogP contribution in [-0.2, 0) is 12.8 Å². The molecule has 0 aliphatic carbocycles. The number of hydrogen-bond donors (Lipinski definition) is 1. The summed E-state index contributed by atoms with van der Waals surface area (Å²) in [7, 11) is 2.28. The van der Waals surface area contributed by atoms with Crippen molar-refractivity contribution >= 4 is 11.8 Å². The molecule has 1 aliphatic heterocycles. The second kappa shape index (κ2) is 8.82. The monoisotopic (exact) mass is 306 g/mol. The van der Waals surface area contributed by atoms with Gasteiger partial charge in [0.25, 0.3) is 0 Å². The third-order valence-electron chi connectivity index (χ3n) is 4.45. The Morgan fingerprint density at radius 1 is 1.24 bits per heavy atom. The van der Waals surface area contributed by atoms with Gasteiger partial charge in [-0.3, -0.25) is 0 Å². The molecule has 21 heavy (non-hydrogen) atoms. The van der Waals surface area contributed by atoms with Crippen LogP contribution in [0.25, 0.3) is 0 Å². The Hall–Kier alpha value is -0.510. The first-order chi connectivity index (χ1) is 10.2. The van der Waals surface area contributed by atoms with E-state index in [1.54, 1.807) is 0 Å². The van der Waals surface area contributed by atoms with Gasteiger partial charge in [0.2, 0.25) is 0 Å². The van der Waals surface area contributed by atoms with Gasteiger partial charge in [-0.1, -0.05) is 38.1 Å². The molecule has 3 heteroatoms. The number of hydrogen-bond acceptors (Lipinski definition) is 3. The van der Waals surface area contributed by atoms with Crippen LogP contribution >= 0.6 is 11.8 Å². The van der Waals surface area contributed by atoms with Crippen LogP contribution in [0.5, 0.6) is 0 Å². The van der Waals surface area contributed by atoms with Crippen molar-refractivity contribution in [3.05, 3.63) is 35.4 Å². The highest BCUT2D eigenvalue weighted by molar-refractivity contribution is 7.99. The summed E-state index contributed by atoms with van der Waals surface area (Å²) in [5.74, 6) is 2.53. The van der Waals surface area contributed by atoms with Crippen molar-refractivity contribution in [2.75, 3.05) is 31.6 Å². The van der Waals surface area contributed by atoms with E-state index in [1.807, 2.05) is 0 Å². The van der Waals surface area contributed by atoms with Crippen LogP contribution in [0.3, 0.4) is 0 Å². The van der Waals surface area contributed by atoms with Crippen molar-refractivity contribution < 1.29 is 0 Å². The molecule has 1 aromatic carbocycles. The third kappa shape index (κ3) is 5.01. The number of nitrogens with zero attached hydrogens (tertiary/aromatic N) is 1. The van der Waals surface area contributed by atoms with Gasteiger partial charge in [-0.2, -0.15) is 11.8 Å². The SMILES string of the molecule is CCCNC(Cc1ccc(CC)cc1)C1CSCCN1C. The van der Waals surface area contributed by atoms with Crippen molar-refractivity contribution in [2.45, 2.75) is 45.2 Å². The molecule has 118 valence electrons. The fourth-order valence-electron chi connectivity index (χ4n) is 2.97. The average molecular weight is 307 g/mol. The van der Waals surface area contributed by atoms with Gasteiger partial charge in [0, 0.05) is 30.1 Å². The maximum Gasteiger partial charge on any atom is 0.0340 e. The highest BCUT2D eigenvalue weighted by Gasteiger charge is 2.27. The fraction of sp³-hybridized carbons (Fsp3) is 0.667. The lowest BCUT2D eigenvalue weighted by Crippen LogP contribution is -2.53. The van der Waals surface area contributed by atoms with Crippen LogP contribution in [0, 0.1) is 0 Å². The summed E-state index contributed by atoms with van der Waals surface area (Å²) in [6, 6.07) is 10.4. The second-order valence-electron chi connectivity index (χ2n) is 6.06. The predicted molar refractivity (Wildman–Crippen MR) is 95.3 cm³/mol. The van der Waals surface area contributed by atoms with E-state index in [4.69, 9.17) is 0 Å². The molecule has 2 unspecified atom stereocenters. The van der Waals surface area contributed by atoms with Gasteiger partial charge in [0.1, 0.15) is 0 Å². The molecule has 2 atom stereocenters. The van der Waals surface area contributed by atoms with E-state index < -0.39 is 0 Å². The van der Waals surface area contributed by atoms with E-state index in [1.165, 1.54) is 35.6 Å². The number of thioether (sulfide) groups is 1. The van der Waals surface area contributed by atoms with Crippen LogP contribution in [0.15, 0.2) is 24.3 Å². The van der Waals surface area contributed by atoms with Crippen LogP contribution in [0.1, 0.15) is 31.4 Å². The highest BCUT2D eigenvalue weighted by Crippen LogP contribution is 2.20. The van der Waals surface area contributed by atoms with Crippen LogP contribution in [0.4, 0.5) is 0 Å². The van der Waals surface area contributed by atoms with Crippen molar-refractivity contribution in [3.8, 4) is 0 Å². The standard InChI is InChI=1S/C18H30N2S/c1-4-10-19-17(18-14-21-12-11-20(18)3)13-16-8-6-15(5-2)7-9-16/h6-9,17-19H,4-5,10-14H2,1-3H3. The quantitative estimate of drug-likeness (QED) is 0.833. The van der Waals surface area contributed by atoms with Crippen molar-refractivity contribution in [2.24, 2.45) is 0 Å². The Balaban J connectivity index is 2.03. The normalized spacial score (nSPS) is 21.4. The third-order valence-corrected chi connectivity index (χ3v) is 5.50. The zero-order valence-corrected chi connectivity index (χ0v) is 14.6. The first-order valence-corrected chi connectivity index (χ1v) is 9.49. The smallest absolute Gasteiger partial charge is 0.0340 e. The van der Waals surface area contributed by atoms with Crippen molar-refractivity contribution in [3.63, 3.8) is 0 Å². The molecule has 1 N–H and O–H groups in total. The Kier molecular flexibility index (Phi) is 7.08. The van der Waals surface area contributed by atoms with E-state index in [-0.39, 0.29) is 0 Å². The molecule has 2 nitrogen and oxygen atoms in total. The largest absolute Gasteiger partial charge is 0.312 e. The molecule has 1 heterocycles. The molecule has 1 aliphatic rings. The molecule has 2 rings (SSSR count). The Morgan fingerprint density at radius 2 is 1.95 bits per heavy atom. The Bertz CT molecular complexity index is 404. The molecule has 0 spiro atoms. The van der Waals surface area contributed by atoms with Gasteiger partial charge in [0.15, 0.2) is 0 Å². The van der Waals surface area contributed by atoms with Gasteiger partial charge in [0.05, 0.1) is 0 Å². The molecule has 1 saturated heterocycles. The van der Waals surface area contributed by atoms with E-state index in [0.717, 1.165) is 19.4 Å². The summed E-state index contributed by atoms with van der Waals surface area (Å²) in [6.45, 7) is 6.80. The van der Waals surface area contributed by atoms with Crippen molar-refractivity contribution in [1.29, 1.82) is 0 Å². The molecular formula is C18H30N2S. The van der Waals surface area contributed by atoms with E-state index >= 15 is 0 Å². The summed E-state index contributed by atoms with van der Waals surface area (Å²) in [4.78, 5) is 2.55. The minimum atomic E-state index is 0.565. The molecule has 1 aromatic rings. The van der Waals surface area contributed by atoms with Crippen LogP contribution in [-0.4, -0.2) is 48.6 Å². The second-order valence-corrected chi connectivity index (χ2v) is 7.21. The average Bonchev–Trinajstić information content (AvgIpc) is 2.53. The summed E-state index contributed by atoms with van der Waals surface area (Å²) in [5, 5.41) is 3.79. The van der Waals surface area contributed by atoms with Crippen LogP contribution < -0.4 is 5.32 Å². The highest BCUT2D eigenvalue weighted by atomic mass is 32.2. The Labute approximate surface area is 134 Å². The lowest BCUT2D eigenvalue weighted by atomic mass is 9.98. The minimum absolute atomic E-state index is 0.565. The molecule has 0 amide bonds. The Morgan fingerprint density at radius 3 is 2.57 bits per heavy atom. The fourth-order valence-corrected chi connectivity index (χ4v) is 4.28. The topological polar surface area (TPSA) is 15.3 Å². The number of aryl methyl sites for hydroxylation is 1. The minimum Gasteiger partial charge on any atom is -0.312 e. The van der Waals surface area contributed by atoms with E-state index in [2.05, 4.69) is 67.1 Å². The van der Waals surface area contributed by atoms with Gasteiger partial charge >= 0.3 is 0 Å². The van der Waals surface area contributed by atoms with Gasteiger partial charge in [-0.05, 0) is 44.0 Å². The summed E-state index contributed by atoms with van der Waals surface area (Å²) in [6.07, 6.45) is 3.47. The zero-order valence-electron chi connectivity index (χ0n) is 13.8. The molecule has 0 aromatic heterocycles. The lowest BCUT2D eigenvalue weighted by Gasteiger charge is -2.38. The van der Waals surface area contributed by atoms with E-state index in [0.29, 0.717) is 12.1 Å². The number of likely N-dealkylation sites (N-methyl/N-ethyl adjacent to an activating group) is 1. The summed E-state index contributed by atoms with van der Waals surface area (Å²) in [5.41, 5.74) is 2.90. The summed E-state index contributed by atoms with van der Waals surface area (Å²) < 4.78 is 0.